The van der Waals surface area contributed by atoms with Crippen molar-refractivity contribution < 1.29 is 14.6 Å². The lowest BCUT2D eigenvalue weighted by molar-refractivity contribution is -0.143. The number of hydrogen-bond donors (Lipinski definition) is 2. The number of benzene rings is 1. The van der Waals surface area contributed by atoms with Crippen LogP contribution < -0.4 is 5.32 Å². The third-order valence-electron chi connectivity index (χ3n) is 5.77. The van der Waals surface area contributed by atoms with Crippen LogP contribution in [-0.2, 0) is 9.53 Å². The maximum Gasteiger partial charge on any atom is 0.325 e. The zero-order valence-corrected chi connectivity index (χ0v) is 20.2. The molecule has 2 N–H and O–H groups in total. The fourth-order valence-electron chi connectivity index (χ4n) is 4.39. The highest BCUT2D eigenvalue weighted by Crippen LogP contribution is 2.42. The second-order valence-electron chi connectivity index (χ2n) is 7.85. The van der Waals surface area contributed by atoms with E-state index in [1.54, 1.807) is 31.3 Å². The first-order valence-corrected chi connectivity index (χ1v) is 11.4. The largest absolute Gasteiger partial charge is 0.506 e. The average molecular weight is 485 g/mol. The molecule has 33 heavy (non-hydrogen) atoms. The van der Waals surface area contributed by atoms with Gasteiger partial charge < -0.3 is 24.6 Å². The Hall–Kier alpha value is -3.10. The van der Waals surface area contributed by atoms with Crippen LogP contribution in [0, 0.1) is 13.8 Å². The summed E-state index contributed by atoms with van der Waals surface area (Å²) in [7, 11) is 0. The number of halogens is 1. The Morgan fingerprint density at radius 1 is 1.27 bits per heavy atom. The predicted octanol–water partition coefficient (Wildman–Crippen LogP) is 4.38. The van der Waals surface area contributed by atoms with Crippen LogP contribution in [0.5, 0.6) is 5.75 Å². The molecule has 9 heteroatoms. The monoisotopic (exact) mass is 484 g/mol. The van der Waals surface area contributed by atoms with Gasteiger partial charge in [0.1, 0.15) is 12.3 Å². The molecule has 0 radical (unpaired) electrons. The lowest BCUT2D eigenvalue weighted by atomic mass is 9.97. The van der Waals surface area contributed by atoms with Gasteiger partial charge in [0.05, 0.1) is 30.1 Å². The molecule has 0 bridgehead atoms. The predicted molar refractivity (Wildman–Crippen MR) is 131 cm³/mol. The second-order valence-corrected chi connectivity index (χ2v) is 8.68. The fraction of sp³-hybridized carbons (Fsp3) is 0.292. The minimum absolute atomic E-state index is 0.0136. The fourth-order valence-corrected chi connectivity index (χ4v) is 4.86. The van der Waals surface area contributed by atoms with E-state index in [2.05, 4.69) is 10.3 Å². The van der Waals surface area contributed by atoms with Crippen LogP contribution in [0.4, 0.5) is 0 Å². The summed E-state index contributed by atoms with van der Waals surface area (Å²) in [4.78, 5) is 18.8. The first-order valence-electron chi connectivity index (χ1n) is 10.6. The number of thiocarbonyl (C=S) groups is 1. The number of rotatable bonds is 6. The molecule has 2 unspecified atom stereocenters. The number of phenolic OH excluding ortho intramolecular Hbond substituents is 1. The number of ether oxygens (including phenoxy) is 1. The van der Waals surface area contributed by atoms with Crippen molar-refractivity contribution in [2.45, 2.75) is 32.9 Å². The molecule has 172 valence electrons. The molecule has 1 aliphatic rings. The molecule has 3 aromatic rings. The van der Waals surface area contributed by atoms with E-state index in [0.29, 0.717) is 22.4 Å². The number of nitrogens with one attached hydrogen (secondary N) is 1. The summed E-state index contributed by atoms with van der Waals surface area (Å²) < 4.78 is 7.15. The minimum Gasteiger partial charge on any atom is -0.506 e. The highest BCUT2D eigenvalue weighted by atomic mass is 35.5. The Morgan fingerprint density at radius 2 is 2.06 bits per heavy atom. The Bertz CT molecular complexity index is 1200. The minimum atomic E-state index is -0.352. The van der Waals surface area contributed by atoms with Gasteiger partial charge in [-0.05, 0) is 75.0 Å². The molecule has 0 saturated carbocycles. The Kier molecular flexibility index (Phi) is 6.58. The molecule has 4 rings (SSSR count). The van der Waals surface area contributed by atoms with Crippen LogP contribution in [0.1, 0.15) is 41.7 Å². The number of phenols is 1. The van der Waals surface area contributed by atoms with E-state index in [9.17, 15) is 9.90 Å². The number of aromatic hydroxyl groups is 1. The number of carbonyl (C=O) groups excluding carboxylic acids is 1. The van der Waals surface area contributed by atoms with Gasteiger partial charge in [0, 0.05) is 22.6 Å². The number of aromatic nitrogens is 2. The molecule has 0 amide bonds. The van der Waals surface area contributed by atoms with Crippen LogP contribution in [-0.4, -0.2) is 43.8 Å². The topological polar surface area (TPSA) is 79.6 Å². The summed E-state index contributed by atoms with van der Waals surface area (Å²) in [5.41, 5.74) is 4.17. The summed E-state index contributed by atoms with van der Waals surface area (Å²) in [5.74, 6) is -0.230. The van der Waals surface area contributed by atoms with E-state index >= 15 is 0 Å². The van der Waals surface area contributed by atoms with Crippen molar-refractivity contribution >= 4 is 34.9 Å². The standard InChI is InChI=1S/C24H25ClN4O3S/c1-4-32-21(31)13-28-23(22(27-24(28)33)18-7-5-6-10-26-18)17-11-14(2)29(15(17)3)19-12-16(25)8-9-20(19)30/h5-12,22-23,30H,4,13H2,1-3H3,(H,27,33). The van der Waals surface area contributed by atoms with Crippen LogP contribution in [0.3, 0.4) is 0 Å². The summed E-state index contributed by atoms with van der Waals surface area (Å²) in [6.07, 6.45) is 1.73. The summed E-state index contributed by atoms with van der Waals surface area (Å²) in [6, 6.07) is 12.1. The molecule has 2 aromatic heterocycles. The van der Waals surface area contributed by atoms with Gasteiger partial charge in [-0.2, -0.15) is 0 Å². The molecule has 1 aliphatic heterocycles. The Balaban J connectivity index is 1.84. The number of pyridine rings is 1. The van der Waals surface area contributed by atoms with Gasteiger partial charge in [0.15, 0.2) is 5.11 Å². The van der Waals surface area contributed by atoms with Gasteiger partial charge in [-0.3, -0.25) is 9.78 Å². The SMILES string of the molecule is CCOC(=O)CN1C(=S)NC(c2ccccn2)C1c1cc(C)n(-c2cc(Cl)ccc2O)c1C. The van der Waals surface area contributed by atoms with Crippen LogP contribution in [0.2, 0.25) is 5.02 Å². The second kappa shape index (κ2) is 9.41. The van der Waals surface area contributed by atoms with E-state index in [-0.39, 0.29) is 30.3 Å². The van der Waals surface area contributed by atoms with E-state index < -0.39 is 0 Å². The van der Waals surface area contributed by atoms with E-state index in [0.717, 1.165) is 22.6 Å². The Labute approximate surface area is 203 Å². The lowest BCUT2D eigenvalue weighted by Gasteiger charge is -2.27. The number of carbonyl (C=O) groups is 1. The third-order valence-corrected chi connectivity index (χ3v) is 6.36. The molecule has 2 atom stereocenters. The summed E-state index contributed by atoms with van der Waals surface area (Å²) in [5, 5.41) is 14.8. The highest BCUT2D eigenvalue weighted by Gasteiger charge is 2.42. The van der Waals surface area contributed by atoms with Gasteiger partial charge in [-0.15, -0.1) is 0 Å². The van der Waals surface area contributed by atoms with Gasteiger partial charge in [0.2, 0.25) is 0 Å². The molecule has 0 aliphatic carbocycles. The van der Waals surface area contributed by atoms with Crippen molar-refractivity contribution in [3.8, 4) is 11.4 Å². The third kappa shape index (κ3) is 4.41. The van der Waals surface area contributed by atoms with Gasteiger partial charge >= 0.3 is 5.97 Å². The van der Waals surface area contributed by atoms with E-state index in [1.165, 1.54) is 0 Å². The van der Waals surface area contributed by atoms with Gasteiger partial charge in [0.25, 0.3) is 0 Å². The molecule has 1 fully saturated rings. The first-order chi connectivity index (χ1) is 15.8. The smallest absolute Gasteiger partial charge is 0.325 e. The normalized spacial score (nSPS) is 17.8. The molecule has 7 nitrogen and oxygen atoms in total. The molecule has 3 heterocycles. The van der Waals surface area contributed by atoms with Crippen LogP contribution in [0.15, 0.2) is 48.7 Å². The maximum absolute atomic E-state index is 12.4. The van der Waals surface area contributed by atoms with Crippen molar-refractivity contribution in [2.75, 3.05) is 13.2 Å². The highest BCUT2D eigenvalue weighted by molar-refractivity contribution is 7.80. The Morgan fingerprint density at radius 3 is 2.76 bits per heavy atom. The van der Waals surface area contributed by atoms with E-state index in [4.69, 9.17) is 28.6 Å². The number of nitrogens with zero attached hydrogens (tertiary/aromatic N) is 3. The quantitative estimate of drug-likeness (QED) is 0.397. The van der Waals surface area contributed by atoms with Crippen LogP contribution in [0.25, 0.3) is 5.69 Å². The van der Waals surface area contributed by atoms with Crippen molar-refractivity contribution in [2.24, 2.45) is 0 Å². The van der Waals surface area contributed by atoms with Gasteiger partial charge in [-0.25, -0.2) is 0 Å². The zero-order chi connectivity index (χ0) is 23.7. The lowest BCUT2D eigenvalue weighted by Crippen LogP contribution is -2.35. The van der Waals surface area contributed by atoms with Crippen molar-refractivity contribution in [3.63, 3.8) is 0 Å². The van der Waals surface area contributed by atoms with Crippen molar-refractivity contribution in [3.05, 3.63) is 76.3 Å². The molecular weight excluding hydrogens is 460 g/mol. The molecular formula is C24H25ClN4O3S. The number of hydrogen-bond acceptors (Lipinski definition) is 5. The summed E-state index contributed by atoms with van der Waals surface area (Å²) >= 11 is 11.8. The van der Waals surface area contributed by atoms with E-state index in [1.807, 2.05) is 47.6 Å². The molecule has 0 spiro atoms. The molecule has 1 saturated heterocycles. The molecule has 1 aromatic carbocycles. The summed E-state index contributed by atoms with van der Waals surface area (Å²) in [6.45, 7) is 6.02. The van der Waals surface area contributed by atoms with Gasteiger partial charge in [-0.1, -0.05) is 17.7 Å². The van der Waals surface area contributed by atoms with Crippen molar-refractivity contribution in [1.82, 2.24) is 19.8 Å². The number of esters is 1. The average Bonchev–Trinajstić information content (AvgIpc) is 3.26. The zero-order valence-electron chi connectivity index (χ0n) is 18.6. The maximum atomic E-state index is 12.4. The number of aryl methyl sites for hydroxylation is 1. The van der Waals surface area contributed by atoms with Crippen LogP contribution >= 0.6 is 23.8 Å². The van der Waals surface area contributed by atoms with Crippen molar-refractivity contribution in [1.29, 1.82) is 0 Å². The first kappa shape index (κ1) is 23.1.